The number of halogens is 17. The van der Waals surface area contributed by atoms with E-state index in [2.05, 4.69) is 0 Å². The van der Waals surface area contributed by atoms with Gasteiger partial charge in [0.15, 0.2) is 0 Å². The number of alkyl halides is 17. The van der Waals surface area contributed by atoms with Crippen LogP contribution in [-0.4, -0.2) is 81.6 Å². The molecule has 0 aliphatic carbocycles. The second-order valence-corrected chi connectivity index (χ2v) is 11.9. The quantitative estimate of drug-likeness (QED) is 0.130. The fourth-order valence-corrected chi connectivity index (χ4v) is 4.88. The molecule has 0 atom stereocenters. The molecule has 7 nitrogen and oxygen atoms in total. The van der Waals surface area contributed by atoms with Crippen molar-refractivity contribution < 1.29 is 92.6 Å². The SMILES string of the molecule is CN(CCOC(=O)c1cc(N)cc(N)c1)c1ccc(S(=O)(=O)C(F)(F)C(F)(F)C(F)(F)C(F)(F)C(F)(F)C(F)(F)C(F)(F)C(F)(F)F)cc1. The number of nitrogen functional groups attached to an aromatic ring is 2. The van der Waals surface area contributed by atoms with E-state index >= 15 is 0 Å². The van der Waals surface area contributed by atoms with Gasteiger partial charge in [-0.05, 0) is 42.5 Å². The lowest BCUT2D eigenvalue weighted by Gasteiger charge is -2.42. The van der Waals surface area contributed by atoms with Gasteiger partial charge in [-0.3, -0.25) is 0 Å². The topological polar surface area (TPSA) is 116 Å². The molecule has 2 aromatic carbocycles. The number of nitrogens with zero attached hydrogens (tertiary/aromatic N) is 1. The Hall–Kier alpha value is -3.93. The lowest BCUT2D eigenvalue weighted by molar-refractivity contribution is -0.458. The number of benzene rings is 2. The van der Waals surface area contributed by atoms with E-state index in [4.69, 9.17) is 16.2 Å². The predicted octanol–water partition coefficient (Wildman–Crippen LogP) is 6.88. The second-order valence-electron chi connectivity index (χ2n) is 9.90. The summed E-state index contributed by atoms with van der Waals surface area (Å²) in [4.78, 5) is 11.1. The van der Waals surface area contributed by atoms with Crippen LogP contribution in [0.3, 0.4) is 0 Å². The van der Waals surface area contributed by atoms with E-state index in [9.17, 15) is 87.8 Å². The van der Waals surface area contributed by atoms with Gasteiger partial charge in [0, 0.05) is 24.1 Å². The third-order valence-corrected chi connectivity index (χ3v) is 8.32. The Bertz CT molecular complexity index is 1630. The van der Waals surface area contributed by atoms with Crippen molar-refractivity contribution in [2.75, 3.05) is 36.6 Å². The molecule has 0 fully saturated rings. The molecule has 0 aromatic heterocycles. The average Bonchev–Trinajstić information content (AvgIpc) is 2.95. The molecule has 0 unspecified atom stereocenters. The van der Waals surface area contributed by atoms with E-state index in [0.717, 1.165) is 4.90 Å². The molecule has 0 heterocycles. The van der Waals surface area contributed by atoms with Crippen molar-refractivity contribution in [1.29, 1.82) is 0 Å². The van der Waals surface area contributed by atoms with Crippen molar-refractivity contribution in [2.45, 2.75) is 51.9 Å². The van der Waals surface area contributed by atoms with Crippen LogP contribution >= 0.6 is 0 Å². The Kier molecular flexibility index (Phi) is 10.5. The van der Waals surface area contributed by atoms with Gasteiger partial charge in [-0.2, -0.15) is 74.6 Å². The van der Waals surface area contributed by atoms with Crippen molar-refractivity contribution in [3.63, 3.8) is 0 Å². The fourth-order valence-electron chi connectivity index (χ4n) is 3.63. The summed E-state index contributed by atoms with van der Waals surface area (Å²) in [5.41, 5.74) is 10.9. The number of likely N-dealkylation sites (N-methyl/N-ethyl adjacent to an activating group) is 1. The molecule has 0 saturated heterocycles. The zero-order valence-corrected chi connectivity index (χ0v) is 24.3. The number of carbonyl (C=O) groups excluding carboxylic acids is 1. The molecule has 2 aromatic rings. The van der Waals surface area contributed by atoms with Crippen LogP contribution in [0, 0.1) is 0 Å². The van der Waals surface area contributed by atoms with E-state index in [1.807, 2.05) is 0 Å². The Labute approximate surface area is 262 Å². The number of hydrogen-bond acceptors (Lipinski definition) is 7. The maximum absolute atomic E-state index is 14.5. The summed E-state index contributed by atoms with van der Waals surface area (Å²) in [5, 5.41) is -7.67. The number of anilines is 3. The number of nitrogens with two attached hydrogens (primary N) is 2. The van der Waals surface area contributed by atoms with Gasteiger partial charge in [-0.15, -0.1) is 0 Å². The van der Waals surface area contributed by atoms with Gasteiger partial charge in [0.2, 0.25) is 9.84 Å². The molecule has 0 radical (unpaired) electrons. The van der Waals surface area contributed by atoms with E-state index in [1.54, 1.807) is 0 Å². The van der Waals surface area contributed by atoms with Crippen LogP contribution in [0.25, 0.3) is 0 Å². The Morgan fingerprint density at radius 2 is 1.04 bits per heavy atom. The average molecular weight is 767 g/mol. The minimum atomic E-state index is -8.92. The van der Waals surface area contributed by atoms with Crippen molar-refractivity contribution in [2.24, 2.45) is 0 Å². The van der Waals surface area contributed by atoms with E-state index in [1.165, 1.54) is 25.2 Å². The van der Waals surface area contributed by atoms with Gasteiger partial charge in [0.25, 0.3) is 0 Å². The molecular weight excluding hydrogens is 749 g/mol. The summed E-state index contributed by atoms with van der Waals surface area (Å²) in [5.74, 6) is -53.0. The van der Waals surface area contributed by atoms with Gasteiger partial charge >= 0.3 is 52.9 Å². The fraction of sp³-hybridized carbons (Fsp3) is 0.458. The van der Waals surface area contributed by atoms with Gasteiger partial charge in [0.1, 0.15) is 6.61 Å². The first kappa shape index (κ1) is 41.2. The maximum atomic E-state index is 14.5. The third-order valence-electron chi connectivity index (χ3n) is 6.49. The molecule has 278 valence electrons. The molecule has 49 heavy (non-hydrogen) atoms. The third kappa shape index (κ3) is 6.44. The molecule has 4 N–H and O–H groups in total. The molecule has 0 saturated carbocycles. The number of sulfone groups is 1. The number of carbonyl (C=O) groups is 1. The highest BCUT2D eigenvalue weighted by molar-refractivity contribution is 7.92. The normalized spacial score (nSPS) is 14.5. The summed E-state index contributed by atoms with van der Waals surface area (Å²) in [6.07, 6.45) is -7.92. The molecule has 2 rings (SSSR count). The van der Waals surface area contributed by atoms with Crippen molar-refractivity contribution in [3.05, 3.63) is 48.0 Å². The van der Waals surface area contributed by atoms with Crippen LogP contribution in [0.4, 0.5) is 91.7 Å². The smallest absolute Gasteiger partial charge is 0.460 e. The monoisotopic (exact) mass is 767 g/mol. The summed E-state index contributed by atoms with van der Waals surface area (Å²) in [6.45, 7) is -0.756. The Morgan fingerprint density at radius 1 is 0.653 bits per heavy atom. The summed E-state index contributed by atoms with van der Waals surface area (Å²) in [7, 11) is -6.28. The molecule has 0 spiro atoms. The largest absolute Gasteiger partial charge is 0.460 e. The molecule has 0 bridgehead atoms. The lowest BCUT2D eigenvalue weighted by atomic mass is 9.91. The molecular formula is C24H18F17N3O4S. The number of ether oxygens (including phenoxy) is 1. The zero-order chi connectivity index (χ0) is 38.6. The van der Waals surface area contributed by atoms with Crippen LogP contribution in [0.2, 0.25) is 0 Å². The van der Waals surface area contributed by atoms with Crippen LogP contribution in [0.1, 0.15) is 10.4 Å². The lowest BCUT2D eigenvalue weighted by Crippen LogP contribution is -2.75. The molecule has 0 aliphatic rings. The Balaban J connectivity index is 2.37. The number of hydrogen-bond donors (Lipinski definition) is 2. The van der Waals surface area contributed by atoms with E-state index < -0.39 is 74.3 Å². The first-order valence-corrected chi connectivity index (χ1v) is 13.8. The maximum Gasteiger partial charge on any atom is 0.460 e. The first-order valence-electron chi connectivity index (χ1n) is 12.3. The second kappa shape index (κ2) is 12.4. The molecule has 25 heteroatoms. The summed E-state index contributed by atoms with van der Waals surface area (Å²) < 4.78 is 260. The molecule has 0 amide bonds. The molecule has 0 aliphatic heterocycles. The predicted molar refractivity (Wildman–Crippen MR) is 133 cm³/mol. The van der Waals surface area contributed by atoms with Crippen LogP contribution in [0.15, 0.2) is 47.4 Å². The minimum Gasteiger partial charge on any atom is -0.460 e. The standard InChI is InChI=1S/C24H18F17N3O4S/c1-44(6-7-48-16(45)11-8-12(42)10-13(43)9-11)14-2-4-15(5-3-14)49(46,47)24(40,41)22(35,36)20(31,32)18(27,28)17(25,26)19(29,30)21(33,34)23(37,38)39/h2-5,8-10H,6-7,42-43H2,1H3. The highest BCUT2D eigenvalue weighted by Crippen LogP contribution is 2.64. The summed E-state index contributed by atoms with van der Waals surface area (Å²) in [6, 6.07) is 4.56. The van der Waals surface area contributed by atoms with Crippen LogP contribution < -0.4 is 16.4 Å². The highest BCUT2D eigenvalue weighted by Gasteiger charge is 2.96. The van der Waals surface area contributed by atoms with E-state index in [0.29, 0.717) is 12.1 Å². The minimum absolute atomic E-state index is 0.0460. The van der Waals surface area contributed by atoms with Gasteiger partial charge in [0.05, 0.1) is 17.0 Å². The summed E-state index contributed by atoms with van der Waals surface area (Å²) >= 11 is 0. The van der Waals surface area contributed by atoms with Crippen molar-refractivity contribution in [3.8, 4) is 0 Å². The van der Waals surface area contributed by atoms with Gasteiger partial charge < -0.3 is 21.1 Å². The van der Waals surface area contributed by atoms with Crippen molar-refractivity contribution in [1.82, 2.24) is 0 Å². The van der Waals surface area contributed by atoms with Crippen LogP contribution in [-0.2, 0) is 14.6 Å². The van der Waals surface area contributed by atoms with Gasteiger partial charge in [-0.25, -0.2) is 13.2 Å². The van der Waals surface area contributed by atoms with Gasteiger partial charge in [-0.1, -0.05) is 0 Å². The Morgan fingerprint density at radius 3 is 1.45 bits per heavy atom. The van der Waals surface area contributed by atoms with Crippen molar-refractivity contribution >= 4 is 32.9 Å². The number of rotatable bonds is 13. The first-order chi connectivity index (χ1) is 21.7. The highest BCUT2D eigenvalue weighted by atomic mass is 32.2. The number of esters is 1. The zero-order valence-electron chi connectivity index (χ0n) is 23.5. The van der Waals surface area contributed by atoms with E-state index in [-0.39, 0.29) is 41.3 Å². The van der Waals surface area contributed by atoms with Crippen LogP contribution in [0.5, 0.6) is 0 Å².